The molecule has 0 bridgehead atoms. The lowest BCUT2D eigenvalue weighted by molar-refractivity contribution is 0.0696. The zero-order chi connectivity index (χ0) is 13.8. The predicted octanol–water partition coefficient (Wildman–Crippen LogP) is 1.83. The summed E-state index contributed by atoms with van der Waals surface area (Å²) in [4.78, 5) is 17.6. The molecular weight excluding hydrogens is 244 g/mol. The van der Waals surface area contributed by atoms with Crippen molar-refractivity contribution in [2.45, 2.75) is 38.6 Å². The summed E-state index contributed by atoms with van der Waals surface area (Å²) in [6.45, 7) is 2.34. The molecule has 1 aliphatic rings. The summed E-state index contributed by atoms with van der Waals surface area (Å²) < 4.78 is 0. The molecule has 0 aromatic carbocycles. The summed E-state index contributed by atoms with van der Waals surface area (Å²) in [5.41, 5.74) is 0.944. The maximum atomic E-state index is 11.1. The van der Waals surface area contributed by atoms with Crippen LogP contribution in [0.2, 0.25) is 0 Å². The first-order chi connectivity index (χ1) is 9.11. The van der Waals surface area contributed by atoms with Crippen LogP contribution in [0.4, 0.5) is 5.82 Å². The second-order valence-electron chi connectivity index (χ2n) is 5.02. The van der Waals surface area contributed by atoms with E-state index in [0.29, 0.717) is 24.1 Å². The van der Waals surface area contributed by atoms with E-state index in [0.717, 1.165) is 12.8 Å². The molecule has 19 heavy (non-hydrogen) atoms. The lowest BCUT2D eigenvalue weighted by Gasteiger charge is -2.29. The average Bonchev–Trinajstić information content (AvgIpc) is 2.88. The molecule has 1 aromatic rings. The van der Waals surface area contributed by atoms with E-state index in [1.807, 2.05) is 4.90 Å². The number of hydrogen-bond acceptors (Lipinski definition) is 4. The van der Waals surface area contributed by atoms with Crippen molar-refractivity contribution in [2.24, 2.45) is 0 Å². The van der Waals surface area contributed by atoms with E-state index in [1.165, 1.54) is 12.8 Å². The van der Waals surface area contributed by atoms with Gasteiger partial charge in [0.15, 0.2) is 0 Å². The topological polar surface area (TPSA) is 73.7 Å². The van der Waals surface area contributed by atoms with Gasteiger partial charge in [0.1, 0.15) is 5.82 Å². The third-order valence-corrected chi connectivity index (χ3v) is 3.59. The number of anilines is 1. The monoisotopic (exact) mass is 264 g/mol. The van der Waals surface area contributed by atoms with Gasteiger partial charge in [-0.1, -0.05) is 12.8 Å². The molecule has 0 saturated heterocycles. The molecule has 0 amide bonds. The first-order valence-electron chi connectivity index (χ1n) is 6.71. The van der Waals surface area contributed by atoms with Crippen molar-refractivity contribution in [3.05, 3.63) is 23.4 Å². The van der Waals surface area contributed by atoms with E-state index in [9.17, 15) is 9.90 Å². The summed E-state index contributed by atoms with van der Waals surface area (Å²) in [5.74, 6) is -0.277. The molecule has 0 unspecified atom stereocenters. The summed E-state index contributed by atoms with van der Waals surface area (Å²) in [6.07, 6.45) is 4.53. The number of aryl methyl sites for hydroxylation is 1. The number of aliphatic hydroxyl groups excluding tert-OH is 1. The predicted molar refractivity (Wildman–Crippen MR) is 72.6 cm³/mol. The Kier molecular flexibility index (Phi) is 4.37. The van der Waals surface area contributed by atoms with E-state index in [2.05, 4.69) is 4.98 Å². The minimum atomic E-state index is -0.942. The van der Waals surface area contributed by atoms with Crippen LogP contribution in [0.25, 0.3) is 0 Å². The van der Waals surface area contributed by atoms with Crippen LogP contribution in [0, 0.1) is 6.92 Å². The van der Waals surface area contributed by atoms with Crippen LogP contribution < -0.4 is 4.90 Å². The molecule has 1 fully saturated rings. The molecule has 0 radical (unpaired) electrons. The normalized spacial score (nSPS) is 15.7. The summed E-state index contributed by atoms with van der Waals surface area (Å²) >= 11 is 0. The van der Waals surface area contributed by atoms with Crippen LogP contribution >= 0.6 is 0 Å². The van der Waals surface area contributed by atoms with Gasteiger partial charge in [-0.15, -0.1) is 0 Å². The second kappa shape index (κ2) is 6.02. The molecule has 1 aliphatic carbocycles. The van der Waals surface area contributed by atoms with Gasteiger partial charge in [0.05, 0.1) is 12.2 Å². The standard InChI is InChI=1S/C14H20N2O3/c1-10-8-11(14(18)19)9-13(15-10)16(6-7-17)12-4-2-3-5-12/h8-9,12,17H,2-7H2,1H3,(H,18,19). The zero-order valence-corrected chi connectivity index (χ0v) is 11.2. The number of carboxylic acid groups (broad SMARTS) is 1. The Hall–Kier alpha value is -1.62. The molecule has 1 aromatic heterocycles. The van der Waals surface area contributed by atoms with Crippen LogP contribution in [-0.4, -0.2) is 40.4 Å². The Labute approximate surface area is 112 Å². The SMILES string of the molecule is Cc1cc(C(=O)O)cc(N(CCO)C2CCCC2)n1. The Bertz CT molecular complexity index is 456. The van der Waals surface area contributed by atoms with Gasteiger partial charge in [0.25, 0.3) is 0 Å². The van der Waals surface area contributed by atoms with E-state index in [-0.39, 0.29) is 12.2 Å². The third kappa shape index (κ3) is 3.23. The van der Waals surface area contributed by atoms with E-state index >= 15 is 0 Å². The lowest BCUT2D eigenvalue weighted by Crippen LogP contribution is -2.36. The number of pyridine rings is 1. The van der Waals surface area contributed by atoms with Gasteiger partial charge >= 0.3 is 5.97 Å². The number of rotatable bonds is 5. The van der Waals surface area contributed by atoms with Crippen molar-refractivity contribution in [2.75, 3.05) is 18.1 Å². The maximum absolute atomic E-state index is 11.1. The minimum absolute atomic E-state index is 0.0501. The molecule has 1 saturated carbocycles. The quantitative estimate of drug-likeness (QED) is 0.848. The van der Waals surface area contributed by atoms with Gasteiger partial charge in [-0.3, -0.25) is 0 Å². The zero-order valence-electron chi connectivity index (χ0n) is 11.2. The number of aliphatic hydroxyl groups is 1. The average molecular weight is 264 g/mol. The highest BCUT2D eigenvalue weighted by atomic mass is 16.4. The number of nitrogens with zero attached hydrogens (tertiary/aromatic N) is 2. The second-order valence-corrected chi connectivity index (χ2v) is 5.02. The number of aromatic carboxylic acids is 1. The Morgan fingerprint density at radius 2 is 2.11 bits per heavy atom. The van der Waals surface area contributed by atoms with Crippen LogP contribution in [0.3, 0.4) is 0 Å². The van der Waals surface area contributed by atoms with Crippen molar-refractivity contribution in [3.63, 3.8) is 0 Å². The van der Waals surface area contributed by atoms with Crippen LogP contribution in [-0.2, 0) is 0 Å². The van der Waals surface area contributed by atoms with E-state index in [1.54, 1.807) is 19.1 Å². The van der Waals surface area contributed by atoms with Gasteiger partial charge in [-0.25, -0.2) is 9.78 Å². The first-order valence-corrected chi connectivity index (χ1v) is 6.71. The van der Waals surface area contributed by atoms with Crippen LogP contribution in [0.1, 0.15) is 41.7 Å². The maximum Gasteiger partial charge on any atom is 0.335 e. The molecule has 5 nitrogen and oxygen atoms in total. The number of carbonyl (C=O) groups is 1. The largest absolute Gasteiger partial charge is 0.478 e. The Morgan fingerprint density at radius 1 is 1.42 bits per heavy atom. The van der Waals surface area contributed by atoms with Crippen molar-refractivity contribution < 1.29 is 15.0 Å². The van der Waals surface area contributed by atoms with Crippen molar-refractivity contribution in [1.82, 2.24) is 4.98 Å². The molecule has 0 atom stereocenters. The molecule has 2 rings (SSSR count). The Balaban J connectivity index is 2.32. The first kappa shape index (κ1) is 13.8. The van der Waals surface area contributed by atoms with Gasteiger partial charge in [0.2, 0.25) is 0 Å². The Morgan fingerprint density at radius 3 is 2.68 bits per heavy atom. The highest BCUT2D eigenvalue weighted by Gasteiger charge is 2.24. The molecule has 1 heterocycles. The summed E-state index contributed by atoms with van der Waals surface area (Å²) in [7, 11) is 0. The number of aromatic nitrogens is 1. The molecule has 104 valence electrons. The van der Waals surface area contributed by atoms with Crippen LogP contribution in [0.15, 0.2) is 12.1 Å². The fourth-order valence-corrected chi connectivity index (χ4v) is 2.73. The lowest BCUT2D eigenvalue weighted by atomic mass is 10.1. The molecule has 0 aliphatic heterocycles. The number of carboxylic acids is 1. The highest BCUT2D eigenvalue weighted by molar-refractivity contribution is 5.88. The number of hydrogen-bond donors (Lipinski definition) is 2. The molecular formula is C14H20N2O3. The molecule has 5 heteroatoms. The van der Waals surface area contributed by atoms with Crippen molar-refractivity contribution in [3.8, 4) is 0 Å². The van der Waals surface area contributed by atoms with Gasteiger partial charge in [-0.2, -0.15) is 0 Å². The summed E-state index contributed by atoms with van der Waals surface area (Å²) in [5, 5.41) is 18.3. The van der Waals surface area contributed by atoms with Gasteiger partial charge < -0.3 is 15.1 Å². The smallest absolute Gasteiger partial charge is 0.335 e. The van der Waals surface area contributed by atoms with Crippen molar-refractivity contribution in [1.29, 1.82) is 0 Å². The van der Waals surface area contributed by atoms with Gasteiger partial charge in [-0.05, 0) is 31.9 Å². The minimum Gasteiger partial charge on any atom is -0.478 e. The summed E-state index contributed by atoms with van der Waals surface area (Å²) in [6, 6.07) is 3.53. The molecule has 2 N–H and O–H groups in total. The highest BCUT2D eigenvalue weighted by Crippen LogP contribution is 2.27. The van der Waals surface area contributed by atoms with E-state index in [4.69, 9.17) is 5.11 Å². The fraction of sp³-hybridized carbons (Fsp3) is 0.571. The third-order valence-electron chi connectivity index (χ3n) is 3.59. The van der Waals surface area contributed by atoms with Gasteiger partial charge in [0, 0.05) is 18.3 Å². The van der Waals surface area contributed by atoms with Crippen molar-refractivity contribution >= 4 is 11.8 Å². The fourth-order valence-electron chi connectivity index (χ4n) is 2.73. The molecule has 0 spiro atoms. The van der Waals surface area contributed by atoms with Crippen LogP contribution in [0.5, 0.6) is 0 Å². The van der Waals surface area contributed by atoms with E-state index < -0.39 is 5.97 Å².